The summed E-state index contributed by atoms with van der Waals surface area (Å²) < 4.78 is 7.34. The van der Waals surface area contributed by atoms with Crippen LogP contribution in [-0.2, 0) is 27.3 Å². The van der Waals surface area contributed by atoms with Crippen molar-refractivity contribution < 1.29 is 14.3 Å². The zero-order valence-electron chi connectivity index (χ0n) is 19.7. The molecule has 6 heteroatoms. The Labute approximate surface area is 210 Å². The highest BCUT2D eigenvalue weighted by molar-refractivity contribution is 6.31. The SMILES string of the molecule is CCOC(=O)C[C@@H](NC(=O)CCc1cn(Cc2ccccc2)c2ccccc12)c1ccccc1Cl. The normalized spacial score (nSPS) is 11.8. The number of esters is 1. The fraction of sp³-hybridized carbons (Fsp3) is 0.241. The van der Waals surface area contributed by atoms with Crippen LogP contribution >= 0.6 is 11.6 Å². The summed E-state index contributed by atoms with van der Waals surface area (Å²) in [4.78, 5) is 25.2. The first-order chi connectivity index (χ1) is 17.0. The number of carbonyl (C=O) groups is 2. The number of hydrogen-bond donors (Lipinski definition) is 1. The summed E-state index contributed by atoms with van der Waals surface area (Å²) in [5, 5.41) is 4.65. The van der Waals surface area contributed by atoms with E-state index < -0.39 is 6.04 Å². The number of carbonyl (C=O) groups excluding carboxylic acids is 2. The van der Waals surface area contributed by atoms with Gasteiger partial charge in [-0.3, -0.25) is 9.59 Å². The van der Waals surface area contributed by atoms with Gasteiger partial charge >= 0.3 is 5.97 Å². The lowest BCUT2D eigenvalue weighted by Gasteiger charge is -2.19. The average molecular weight is 489 g/mol. The number of nitrogens with one attached hydrogen (secondary N) is 1. The Morgan fingerprint density at radius 2 is 1.69 bits per heavy atom. The van der Waals surface area contributed by atoms with Crippen LogP contribution in [0, 0.1) is 0 Å². The Morgan fingerprint density at radius 3 is 2.46 bits per heavy atom. The lowest BCUT2D eigenvalue weighted by atomic mass is 10.0. The Balaban J connectivity index is 1.48. The third-order valence-corrected chi connectivity index (χ3v) is 6.32. The smallest absolute Gasteiger partial charge is 0.308 e. The van der Waals surface area contributed by atoms with E-state index in [1.54, 1.807) is 13.0 Å². The van der Waals surface area contributed by atoms with E-state index in [1.165, 1.54) is 5.56 Å². The Morgan fingerprint density at radius 1 is 0.971 bits per heavy atom. The highest BCUT2D eigenvalue weighted by Gasteiger charge is 2.21. The largest absolute Gasteiger partial charge is 0.466 e. The molecule has 0 radical (unpaired) electrons. The third-order valence-electron chi connectivity index (χ3n) is 5.98. The van der Waals surface area contributed by atoms with Gasteiger partial charge in [0.15, 0.2) is 0 Å². The minimum Gasteiger partial charge on any atom is -0.466 e. The van der Waals surface area contributed by atoms with Crippen LogP contribution in [0.2, 0.25) is 5.02 Å². The summed E-state index contributed by atoms with van der Waals surface area (Å²) in [5.74, 6) is -0.513. The minimum atomic E-state index is -0.547. The molecule has 0 fully saturated rings. The molecule has 0 saturated heterocycles. The molecule has 1 amide bonds. The van der Waals surface area contributed by atoms with Gasteiger partial charge in [-0.1, -0.05) is 78.3 Å². The second-order valence-corrected chi connectivity index (χ2v) is 8.84. The molecule has 180 valence electrons. The summed E-state index contributed by atoms with van der Waals surface area (Å²) in [6.07, 6.45) is 3.04. The molecular weight excluding hydrogens is 460 g/mol. The molecule has 1 heterocycles. The fourth-order valence-corrected chi connectivity index (χ4v) is 4.60. The Hall–Kier alpha value is -3.57. The molecular formula is C29H29ClN2O3. The first-order valence-electron chi connectivity index (χ1n) is 11.8. The van der Waals surface area contributed by atoms with E-state index >= 15 is 0 Å². The molecule has 0 spiro atoms. The van der Waals surface area contributed by atoms with E-state index in [2.05, 4.69) is 40.3 Å². The van der Waals surface area contributed by atoms with Crippen molar-refractivity contribution in [2.24, 2.45) is 0 Å². The van der Waals surface area contributed by atoms with Crippen LogP contribution in [0.5, 0.6) is 0 Å². The second kappa shape index (κ2) is 11.7. The number of para-hydroxylation sites is 1. The van der Waals surface area contributed by atoms with E-state index in [-0.39, 0.29) is 24.9 Å². The molecule has 1 aromatic heterocycles. The molecule has 0 aliphatic heterocycles. The van der Waals surface area contributed by atoms with Crippen molar-refractivity contribution in [1.82, 2.24) is 9.88 Å². The van der Waals surface area contributed by atoms with Gasteiger partial charge in [0.1, 0.15) is 0 Å². The van der Waals surface area contributed by atoms with Gasteiger partial charge in [0.25, 0.3) is 0 Å². The number of aromatic nitrogens is 1. The summed E-state index contributed by atoms with van der Waals surface area (Å²) in [7, 11) is 0. The van der Waals surface area contributed by atoms with E-state index in [1.807, 2.05) is 48.5 Å². The zero-order chi connectivity index (χ0) is 24.6. The number of nitrogens with zero attached hydrogens (tertiary/aromatic N) is 1. The van der Waals surface area contributed by atoms with Gasteiger partial charge in [-0.15, -0.1) is 0 Å². The monoisotopic (exact) mass is 488 g/mol. The molecule has 1 N–H and O–H groups in total. The number of ether oxygens (including phenoxy) is 1. The van der Waals surface area contributed by atoms with Crippen molar-refractivity contribution >= 4 is 34.4 Å². The summed E-state index contributed by atoms with van der Waals surface area (Å²) in [6.45, 7) is 2.81. The van der Waals surface area contributed by atoms with E-state index in [0.717, 1.165) is 23.0 Å². The Bertz CT molecular complexity index is 1300. The molecule has 5 nitrogen and oxygen atoms in total. The molecule has 1 atom stereocenters. The molecule has 4 rings (SSSR count). The summed E-state index contributed by atoms with van der Waals surface area (Å²) in [5.41, 5.74) is 4.18. The predicted octanol–water partition coefficient (Wildman–Crippen LogP) is 6.09. The number of fused-ring (bicyclic) bond motifs is 1. The first kappa shape index (κ1) is 24.6. The van der Waals surface area contributed by atoms with Gasteiger partial charge < -0.3 is 14.6 Å². The predicted molar refractivity (Wildman–Crippen MR) is 139 cm³/mol. The molecule has 4 aromatic rings. The quantitative estimate of drug-likeness (QED) is 0.275. The number of aryl methyl sites for hydroxylation is 1. The molecule has 0 saturated carbocycles. The molecule has 3 aromatic carbocycles. The number of amides is 1. The first-order valence-corrected chi connectivity index (χ1v) is 12.2. The van der Waals surface area contributed by atoms with Crippen LogP contribution in [-0.4, -0.2) is 23.1 Å². The maximum atomic E-state index is 13.0. The maximum Gasteiger partial charge on any atom is 0.308 e. The van der Waals surface area contributed by atoms with Gasteiger partial charge in [-0.25, -0.2) is 0 Å². The number of halogens is 1. The molecule has 0 unspecified atom stereocenters. The second-order valence-electron chi connectivity index (χ2n) is 8.44. The van der Waals surface area contributed by atoms with Crippen molar-refractivity contribution in [2.45, 2.75) is 38.8 Å². The fourth-order valence-electron chi connectivity index (χ4n) is 4.33. The summed E-state index contributed by atoms with van der Waals surface area (Å²) in [6, 6.07) is 25.3. The highest BCUT2D eigenvalue weighted by atomic mass is 35.5. The number of benzene rings is 3. The van der Waals surface area contributed by atoms with Crippen LogP contribution in [0.25, 0.3) is 10.9 Å². The van der Waals surface area contributed by atoms with Gasteiger partial charge in [0.2, 0.25) is 5.91 Å². The van der Waals surface area contributed by atoms with Crippen LogP contribution in [0.4, 0.5) is 0 Å². The van der Waals surface area contributed by atoms with E-state index in [0.29, 0.717) is 23.4 Å². The Kier molecular flexibility index (Phi) is 8.22. The number of rotatable bonds is 10. The van der Waals surface area contributed by atoms with Crippen molar-refractivity contribution in [3.05, 3.63) is 107 Å². The highest BCUT2D eigenvalue weighted by Crippen LogP contribution is 2.27. The van der Waals surface area contributed by atoms with Crippen molar-refractivity contribution in [2.75, 3.05) is 6.61 Å². The van der Waals surface area contributed by atoms with Crippen LogP contribution in [0.3, 0.4) is 0 Å². The van der Waals surface area contributed by atoms with Crippen molar-refractivity contribution in [3.8, 4) is 0 Å². The standard InChI is InChI=1S/C29H29ClN2O3/c1-2-35-29(34)18-26(24-13-6-8-14-25(24)30)31-28(33)17-16-22-20-32(19-21-10-4-3-5-11-21)27-15-9-7-12-23(22)27/h3-15,20,26H,2,16-19H2,1H3,(H,31,33)/t26-/m1/s1. The molecule has 0 aliphatic rings. The molecule has 0 bridgehead atoms. The minimum absolute atomic E-state index is 0.0275. The van der Waals surface area contributed by atoms with Gasteiger partial charge in [-0.05, 0) is 42.2 Å². The van der Waals surface area contributed by atoms with Gasteiger partial charge in [0.05, 0.1) is 19.1 Å². The number of hydrogen-bond acceptors (Lipinski definition) is 3. The van der Waals surface area contributed by atoms with E-state index in [4.69, 9.17) is 16.3 Å². The van der Waals surface area contributed by atoms with Crippen LogP contribution < -0.4 is 5.32 Å². The molecule has 0 aliphatic carbocycles. The lowest BCUT2D eigenvalue weighted by Crippen LogP contribution is -2.31. The van der Waals surface area contributed by atoms with E-state index in [9.17, 15) is 9.59 Å². The zero-order valence-corrected chi connectivity index (χ0v) is 20.5. The third kappa shape index (κ3) is 6.31. The average Bonchev–Trinajstić information content (AvgIpc) is 3.21. The lowest BCUT2D eigenvalue weighted by molar-refractivity contribution is -0.143. The van der Waals surface area contributed by atoms with Crippen molar-refractivity contribution in [3.63, 3.8) is 0 Å². The molecule has 35 heavy (non-hydrogen) atoms. The van der Waals surface area contributed by atoms with Crippen LogP contribution in [0.15, 0.2) is 85.1 Å². The van der Waals surface area contributed by atoms with Gasteiger partial charge in [-0.2, -0.15) is 0 Å². The van der Waals surface area contributed by atoms with Crippen LogP contribution in [0.1, 0.15) is 42.5 Å². The van der Waals surface area contributed by atoms with Gasteiger partial charge in [0, 0.05) is 35.1 Å². The topological polar surface area (TPSA) is 60.3 Å². The van der Waals surface area contributed by atoms with Crippen molar-refractivity contribution in [1.29, 1.82) is 0 Å². The summed E-state index contributed by atoms with van der Waals surface area (Å²) >= 11 is 6.36. The maximum absolute atomic E-state index is 13.0.